The zero-order valence-electron chi connectivity index (χ0n) is 12.5. The first-order valence-electron chi connectivity index (χ1n) is 6.94. The molecule has 1 aromatic carbocycles. The van der Waals surface area contributed by atoms with E-state index >= 15 is 0 Å². The molecule has 0 saturated heterocycles. The topological polar surface area (TPSA) is 52.6 Å². The monoisotopic (exact) mass is 278 g/mol. The number of carbonyl (C=O) groups excluding carboxylic acids is 2. The third-order valence-corrected chi connectivity index (χ3v) is 2.98. The van der Waals surface area contributed by atoms with E-state index in [0.29, 0.717) is 11.5 Å². The van der Waals surface area contributed by atoms with E-state index in [2.05, 4.69) is 13.8 Å². The van der Waals surface area contributed by atoms with Crippen molar-refractivity contribution in [2.24, 2.45) is 0 Å². The predicted molar refractivity (Wildman–Crippen MR) is 76.5 cm³/mol. The number of ether oxygens (including phenoxy) is 2. The normalized spacial score (nSPS) is 10.7. The lowest BCUT2D eigenvalue weighted by molar-refractivity contribution is -0.156. The molecule has 4 heteroatoms. The van der Waals surface area contributed by atoms with Crippen molar-refractivity contribution in [3.63, 3.8) is 0 Å². The number of rotatable bonds is 6. The van der Waals surface area contributed by atoms with Crippen LogP contribution in [0.5, 0.6) is 0 Å². The lowest BCUT2D eigenvalue weighted by Gasteiger charge is -2.15. The minimum atomic E-state index is -1.00. The molecule has 1 aromatic rings. The molecule has 1 rings (SSSR count). The van der Waals surface area contributed by atoms with Crippen molar-refractivity contribution in [3.05, 3.63) is 35.4 Å². The zero-order valence-corrected chi connectivity index (χ0v) is 12.5. The van der Waals surface area contributed by atoms with Gasteiger partial charge in [-0.15, -0.1) is 0 Å². The van der Waals surface area contributed by atoms with Gasteiger partial charge in [-0.1, -0.05) is 38.1 Å². The maximum absolute atomic E-state index is 12.0. The quantitative estimate of drug-likeness (QED) is 0.593. The highest BCUT2D eigenvalue weighted by Crippen LogP contribution is 2.22. The standard InChI is InChI=1S/C16H22O4/c1-5-19-15(17)14(16(18)20-6-2)13-9-7-12(8-10-13)11(3)4/h7-11,14H,5-6H2,1-4H3. The van der Waals surface area contributed by atoms with Crippen molar-refractivity contribution in [3.8, 4) is 0 Å². The number of hydrogen-bond donors (Lipinski definition) is 0. The van der Waals surface area contributed by atoms with E-state index in [4.69, 9.17) is 9.47 Å². The first kappa shape index (κ1) is 16.2. The highest BCUT2D eigenvalue weighted by molar-refractivity contribution is 6.00. The summed E-state index contributed by atoms with van der Waals surface area (Å²) in [6.45, 7) is 8.06. The number of hydrogen-bond acceptors (Lipinski definition) is 4. The summed E-state index contributed by atoms with van der Waals surface area (Å²) >= 11 is 0. The molecule has 0 saturated carbocycles. The second-order valence-electron chi connectivity index (χ2n) is 4.76. The van der Waals surface area contributed by atoms with E-state index in [1.54, 1.807) is 26.0 Å². The molecule has 0 unspecified atom stereocenters. The van der Waals surface area contributed by atoms with Crippen LogP contribution in [0.1, 0.15) is 50.7 Å². The van der Waals surface area contributed by atoms with Crippen LogP contribution in [0.2, 0.25) is 0 Å². The predicted octanol–water partition coefficient (Wildman–Crippen LogP) is 3.02. The molecular weight excluding hydrogens is 256 g/mol. The van der Waals surface area contributed by atoms with Crippen LogP contribution < -0.4 is 0 Å². The van der Waals surface area contributed by atoms with Crippen molar-refractivity contribution in [2.75, 3.05) is 13.2 Å². The van der Waals surface area contributed by atoms with E-state index in [1.807, 2.05) is 12.1 Å². The zero-order chi connectivity index (χ0) is 15.1. The summed E-state index contributed by atoms with van der Waals surface area (Å²) in [6.07, 6.45) is 0. The van der Waals surface area contributed by atoms with Gasteiger partial charge in [0.15, 0.2) is 5.92 Å². The summed E-state index contributed by atoms with van der Waals surface area (Å²) in [5.41, 5.74) is 1.76. The van der Waals surface area contributed by atoms with Gasteiger partial charge in [0.05, 0.1) is 13.2 Å². The van der Waals surface area contributed by atoms with Crippen LogP contribution in [0, 0.1) is 0 Å². The number of benzene rings is 1. The number of carbonyl (C=O) groups is 2. The molecule has 0 N–H and O–H groups in total. The molecule has 0 aliphatic heterocycles. The molecule has 110 valence electrons. The molecule has 4 nitrogen and oxygen atoms in total. The van der Waals surface area contributed by atoms with E-state index in [0.717, 1.165) is 5.56 Å². The molecule has 0 aliphatic rings. The maximum Gasteiger partial charge on any atom is 0.324 e. The Balaban J connectivity index is 3.03. The van der Waals surface area contributed by atoms with Gasteiger partial charge in [-0.3, -0.25) is 9.59 Å². The van der Waals surface area contributed by atoms with E-state index < -0.39 is 17.9 Å². The molecule has 0 radical (unpaired) electrons. The Morgan fingerprint density at radius 3 is 1.65 bits per heavy atom. The lowest BCUT2D eigenvalue weighted by atomic mass is 9.95. The van der Waals surface area contributed by atoms with Gasteiger partial charge in [-0.25, -0.2) is 0 Å². The van der Waals surface area contributed by atoms with Crippen molar-refractivity contribution in [2.45, 2.75) is 39.5 Å². The third kappa shape index (κ3) is 4.08. The van der Waals surface area contributed by atoms with Crippen LogP contribution in [-0.2, 0) is 19.1 Å². The van der Waals surface area contributed by atoms with Crippen LogP contribution in [0.4, 0.5) is 0 Å². The van der Waals surface area contributed by atoms with Gasteiger partial charge in [0.2, 0.25) is 0 Å². The summed E-state index contributed by atoms with van der Waals surface area (Å²) in [7, 11) is 0. The largest absolute Gasteiger partial charge is 0.465 e. The first-order chi connectivity index (χ1) is 9.51. The van der Waals surface area contributed by atoms with Crippen LogP contribution in [-0.4, -0.2) is 25.2 Å². The van der Waals surface area contributed by atoms with Crippen molar-refractivity contribution in [1.29, 1.82) is 0 Å². The van der Waals surface area contributed by atoms with Gasteiger partial charge < -0.3 is 9.47 Å². The average molecular weight is 278 g/mol. The van der Waals surface area contributed by atoms with Gasteiger partial charge in [0, 0.05) is 0 Å². The Labute approximate surface area is 120 Å². The molecule has 0 amide bonds. The lowest BCUT2D eigenvalue weighted by Crippen LogP contribution is -2.26. The summed E-state index contributed by atoms with van der Waals surface area (Å²) in [4.78, 5) is 23.9. The van der Waals surface area contributed by atoms with Gasteiger partial charge in [0.25, 0.3) is 0 Å². The second-order valence-corrected chi connectivity index (χ2v) is 4.76. The van der Waals surface area contributed by atoms with Gasteiger partial charge >= 0.3 is 11.9 Å². The van der Waals surface area contributed by atoms with Crippen LogP contribution in [0.15, 0.2) is 24.3 Å². The third-order valence-electron chi connectivity index (χ3n) is 2.98. The highest BCUT2D eigenvalue weighted by atomic mass is 16.6. The first-order valence-corrected chi connectivity index (χ1v) is 6.94. The molecule has 0 fully saturated rings. The summed E-state index contributed by atoms with van der Waals surface area (Å²) in [5, 5.41) is 0. The molecule has 0 aliphatic carbocycles. The Morgan fingerprint density at radius 2 is 1.30 bits per heavy atom. The SMILES string of the molecule is CCOC(=O)C(C(=O)OCC)c1ccc(C(C)C)cc1. The van der Waals surface area contributed by atoms with Crippen molar-refractivity contribution < 1.29 is 19.1 Å². The molecule has 0 bridgehead atoms. The Morgan fingerprint density at radius 1 is 0.900 bits per heavy atom. The van der Waals surface area contributed by atoms with Crippen LogP contribution >= 0.6 is 0 Å². The van der Waals surface area contributed by atoms with Crippen LogP contribution in [0.25, 0.3) is 0 Å². The Kier molecular flexibility index (Phi) is 6.22. The van der Waals surface area contributed by atoms with Gasteiger partial charge in [0.1, 0.15) is 0 Å². The molecular formula is C16H22O4. The fraction of sp³-hybridized carbons (Fsp3) is 0.500. The fourth-order valence-corrected chi connectivity index (χ4v) is 1.89. The fourth-order valence-electron chi connectivity index (χ4n) is 1.89. The Bertz CT molecular complexity index is 430. The smallest absolute Gasteiger partial charge is 0.324 e. The van der Waals surface area contributed by atoms with E-state index in [1.165, 1.54) is 0 Å². The van der Waals surface area contributed by atoms with Crippen molar-refractivity contribution >= 4 is 11.9 Å². The Hall–Kier alpha value is -1.84. The minimum absolute atomic E-state index is 0.235. The molecule has 0 heterocycles. The molecule has 0 spiro atoms. The molecule has 0 atom stereocenters. The highest BCUT2D eigenvalue weighted by Gasteiger charge is 2.31. The van der Waals surface area contributed by atoms with Crippen molar-refractivity contribution in [1.82, 2.24) is 0 Å². The van der Waals surface area contributed by atoms with Crippen LogP contribution in [0.3, 0.4) is 0 Å². The molecule has 0 aromatic heterocycles. The molecule has 20 heavy (non-hydrogen) atoms. The van der Waals surface area contributed by atoms with Gasteiger partial charge in [-0.2, -0.15) is 0 Å². The summed E-state index contributed by atoms with van der Waals surface area (Å²) in [6, 6.07) is 7.42. The minimum Gasteiger partial charge on any atom is -0.465 e. The number of esters is 2. The second kappa shape index (κ2) is 7.68. The maximum atomic E-state index is 12.0. The van der Waals surface area contributed by atoms with E-state index in [9.17, 15) is 9.59 Å². The summed E-state index contributed by atoms with van der Waals surface area (Å²) in [5.74, 6) is -1.74. The average Bonchev–Trinajstić information content (AvgIpc) is 2.40. The van der Waals surface area contributed by atoms with Gasteiger partial charge in [-0.05, 0) is 30.9 Å². The van der Waals surface area contributed by atoms with E-state index in [-0.39, 0.29) is 13.2 Å². The summed E-state index contributed by atoms with van der Waals surface area (Å²) < 4.78 is 9.93.